The van der Waals surface area contributed by atoms with Gasteiger partial charge in [-0.3, -0.25) is 14.8 Å². The van der Waals surface area contributed by atoms with E-state index >= 15 is 0 Å². The normalized spacial score (nSPS) is 15.3. The molecule has 0 aliphatic carbocycles. The summed E-state index contributed by atoms with van der Waals surface area (Å²) in [5, 5.41) is 9.31. The summed E-state index contributed by atoms with van der Waals surface area (Å²) in [6.45, 7) is 4.26. The van der Waals surface area contributed by atoms with Crippen molar-refractivity contribution in [2.24, 2.45) is 0 Å². The molecule has 0 spiro atoms. The number of aromatic nitrogens is 2. The fourth-order valence-electron chi connectivity index (χ4n) is 3.10. The van der Waals surface area contributed by atoms with E-state index in [-0.39, 0.29) is 5.91 Å². The van der Waals surface area contributed by atoms with Gasteiger partial charge in [-0.2, -0.15) is 5.10 Å². The van der Waals surface area contributed by atoms with Crippen molar-refractivity contribution in [2.45, 2.75) is 6.54 Å². The van der Waals surface area contributed by atoms with Crippen LogP contribution in [0.1, 0.15) is 15.4 Å². The Morgan fingerprint density at radius 2 is 1.92 bits per heavy atom. The number of piperazine rings is 1. The molecular formula is C19H19BrN4OS. The predicted molar refractivity (Wildman–Crippen MR) is 107 cm³/mol. The number of carbonyl (C=O) groups is 1. The predicted octanol–water partition coefficient (Wildman–Crippen LogP) is 3.86. The molecule has 5 nitrogen and oxygen atoms in total. The van der Waals surface area contributed by atoms with Gasteiger partial charge in [-0.05, 0) is 29.6 Å². The zero-order chi connectivity index (χ0) is 17.9. The molecule has 26 heavy (non-hydrogen) atoms. The summed E-state index contributed by atoms with van der Waals surface area (Å²) in [6.07, 6.45) is 0. The minimum Gasteiger partial charge on any atom is -0.335 e. The molecule has 134 valence electrons. The Balaban J connectivity index is 1.37. The number of aromatic amines is 1. The van der Waals surface area contributed by atoms with E-state index in [0.717, 1.165) is 48.5 Å². The average molecular weight is 431 g/mol. The molecule has 1 saturated heterocycles. The van der Waals surface area contributed by atoms with Crippen molar-refractivity contribution in [3.63, 3.8) is 0 Å². The van der Waals surface area contributed by atoms with Crippen LogP contribution in [0.2, 0.25) is 0 Å². The number of benzene rings is 1. The smallest absolute Gasteiger partial charge is 0.271 e. The van der Waals surface area contributed by atoms with E-state index < -0.39 is 0 Å². The number of hydrogen-bond acceptors (Lipinski definition) is 4. The van der Waals surface area contributed by atoms with Crippen LogP contribution in [0.3, 0.4) is 0 Å². The quantitative estimate of drug-likeness (QED) is 0.683. The highest BCUT2D eigenvalue weighted by Crippen LogP contribution is 2.21. The van der Waals surface area contributed by atoms with Gasteiger partial charge in [-0.1, -0.05) is 34.1 Å². The molecule has 1 N–H and O–H groups in total. The number of amides is 1. The zero-order valence-electron chi connectivity index (χ0n) is 14.2. The second-order valence-corrected chi connectivity index (χ2v) is 8.27. The molecule has 3 aromatic rings. The summed E-state index contributed by atoms with van der Waals surface area (Å²) in [7, 11) is 0. The summed E-state index contributed by atoms with van der Waals surface area (Å²) in [5.74, 6) is 0.0247. The van der Waals surface area contributed by atoms with E-state index in [1.807, 2.05) is 35.2 Å². The molecule has 0 bridgehead atoms. The van der Waals surface area contributed by atoms with Crippen LogP contribution in [0.25, 0.3) is 11.3 Å². The minimum absolute atomic E-state index is 0.0247. The fraction of sp³-hybridized carbons (Fsp3) is 0.263. The van der Waals surface area contributed by atoms with E-state index in [9.17, 15) is 4.79 Å². The maximum absolute atomic E-state index is 12.8. The highest BCUT2D eigenvalue weighted by Gasteiger charge is 2.23. The van der Waals surface area contributed by atoms with Gasteiger partial charge in [0.05, 0.1) is 5.69 Å². The minimum atomic E-state index is 0.0247. The number of H-pyrrole nitrogens is 1. The Hall–Kier alpha value is -1.96. The van der Waals surface area contributed by atoms with Crippen molar-refractivity contribution in [1.82, 2.24) is 20.0 Å². The fourth-order valence-corrected chi connectivity index (χ4v) is 4.11. The van der Waals surface area contributed by atoms with E-state index in [1.165, 1.54) is 4.88 Å². The highest BCUT2D eigenvalue weighted by molar-refractivity contribution is 9.10. The molecule has 2 aromatic heterocycles. The van der Waals surface area contributed by atoms with Crippen molar-refractivity contribution in [1.29, 1.82) is 0 Å². The maximum atomic E-state index is 12.8. The molecule has 0 saturated carbocycles. The first kappa shape index (κ1) is 17.5. The SMILES string of the molecule is O=C(c1cc(-c2ccc(Br)cc2)n[nH]1)N1CCN(Cc2cccs2)CC1. The molecule has 0 unspecified atom stereocenters. The van der Waals surface area contributed by atoms with Crippen molar-refractivity contribution in [3.05, 3.63) is 62.9 Å². The van der Waals surface area contributed by atoms with E-state index in [2.05, 4.69) is 48.5 Å². The van der Waals surface area contributed by atoms with Gasteiger partial charge in [0.2, 0.25) is 0 Å². The molecule has 1 amide bonds. The highest BCUT2D eigenvalue weighted by atomic mass is 79.9. The number of nitrogens with one attached hydrogen (secondary N) is 1. The van der Waals surface area contributed by atoms with Crippen LogP contribution in [0.5, 0.6) is 0 Å². The first-order valence-electron chi connectivity index (χ1n) is 8.54. The van der Waals surface area contributed by atoms with Crippen molar-refractivity contribution in [3.8, 4) is 11.3 Å². The lowest BCUT2D eigenvalue weighted by molar-refractivity contribution is 0.0624. The average Bonchev–Trinajstić information content (AvgIpc) is 3.34. The van der Waals surface area contributed by atoms with Crippen LogP contribution in [0.4, 0.5) is 0 Å². The summed E-state index contributed by atoms with van der Waals surface area (Å²) in [6, 6.07) is 14.0. The molecule has 1 aliphatic rings. The Morgan fingerprint density at radius 3 is 2.62 bits per heavy atom. The van der Waals surface area contributed by atoms with Gasteiger partial charge in [-0.15, -0.1) is 11.3 Å². The lowest BCUT2D eigenvalue weighted by Crippen LogP contribution is -2.48. The Bertz CT molecular complexity index is 867. The Kier molecular flexibility index (Phi) is 5.19. The molecule has 1 fully saturated rings. The topological polar surface area (TPSA) is 52.2 Å². The zero-order valence-corrected chi connectivity index (χ0v) is 16.6. The molecular weight excluding hydrogens is 412 g/mol. The number of hydrogen-bond donors (Lipinski definition) is 1. The van der Waals surface area contributed by atoms with Gasteiger partial charge in [0.1, 0.15) is 5.69 Å². The molecule has 4 rings (SSSR count). The molecule has 1 aliphatic heterocycles. The summed E-state index contributed by atoms with van der Waals surface area (Å²) in [4.78, 5) is 18.4. The number of halogens is 1. The van der Waals surface area contributed by atoms with Crippen LogP contribution < -0.4 is 0 Å². The van der Waals surface area contributed by atoms with Crippen LogP contribution in [0, 0.1) is 0 Å². The van der Waals surface area contributed by atoms with Gasteiger partial charge in [0, 0.05) is 47.6 Å². The van der Waals surface area contributed by atoms with Gasteiger partial charge in [0.15, 0.2) is 0 Å². The lowest BCUT2D eigenvalue weighted by Gasteiger charge is -2.34. The third kappa shape index (κ3) is 3.90. The van der Waals surface area contributed by atoms with Gasteiger partial charge < -0.3 is 4.90 Å². The second-order valence-electron chi connectivity index (χ2n) is 6.32. The lowest BCUT2D eigenvalue weighted by atomic mass is 10.1. The monoisotopic (exact) mass is 430 g/mol. The van der Waals surface area contributed by atoms with Crippen LogP contribution in [-0.4, -0.2) is 52.1 Å². The van der Waals surface area contributed by atoms with Gasteiger partial charge in [0.25, 0.3) is 5.91 Å². The molecule has 7 heteroatoms. The van der Waals surface area contributed by atoms with Crippen molar-refractivity contribution >= 4 is 33.2 Å². The number of carbonyl (C=O) groups excluding carboxylic acids is 1. The Morgan fingerprint density at radius 1 is 1.15 bits per heavy atom. The maximum Gasteiger partial charge on any atom is 0.271 e. The first-order chi connectivity index (χ1) is 12.7. The molecule has 0 radical (unpaired) electrons. The second kappa shape index (κ2) is 7.73. The summed E-state index contributed by atoms with van der Waals surface area (Å²) >= 11 is 5.21. The van der Waals surface area contributed by atoms with Gasteiger partial charge in [-0.25, -0.2) is 0 Å². The molecule has 1 aromatic carbocycles. The van der Waals surface area contributed by atoms with E-state index in [0.29, 0.717) is 5.69 Å². The van der Waals surface area contributed by atoms with Gasteiger partial charge >= 0.3 is 0 Å². The number of rotatable bonds is 4. The third-order valence-corrected chi connectivity index (χ3v) is 5.96. The summed E-state index contributed by atoms with van der Waals surface area (Å²) in [5.41, 5.74) is 2.33. The standard InChI is InChI=1S/C19H19BrN4OS/c20-15-5-3-14(4-6-15)17-12-18(22-21-17)19(25)24-9-7-23(8-10-24)13-16-2-1-11-26-16/h1-6,11-12H,7-10,13H2,(H,21,22). The summed E-state index contributed by atoms with van der Waals surface area (Å²) < 4.78 is 1.02. The van der Waals surface area contributed by atoms with Crippen LogP contribution >= 0.6 is 27.3 Å². The van der Waals surface area contributed by atoms with Crippen molar-refractivity contribution in [2.75, 3.05) is 26.2 Å². The number of thiophene rings is 1. The largest absolute Gasteiger partial charge is 0.335 e. The Labute approximate surface area is 164 Å². The molecule has 3 heterocycles. The van der Waals surface area contributed by atoms with Crippen LogP contribution in [-0.2, 0) is 6.54 Å². The third-order valence-electron chi connectivity index (χ3n) is 4.57. The van der Waals surface area contributed by atoms with Crippen molar-refractivity contribution < 1.29 is 4.79 Å². The molecule has 0 atom stereocenters. The van der Waals surface area contributed by atoms with E-state index in [4.69, 9.17) is 0 Å². The van der Waals surface area contributed by atoms with Crippen LogP contribution in [0.15, 0.2) is 52.3 Å². The first-order valence-corrected chi connectivity index (χ1v) is 10.2. The number of nitrogens with zero attached hydrogens (tertiary/aromatic N) is 3. The van der Waals surface area contributed by atoms with E-state index in [1.54, 1.807) is 11.3 Å².